The van der Waals surface area contributed by atoms with Crippen molar-refractivity contribution in [3.05, 3.63) is 16.4 Å². The fourth-order valence-electron chi connectivity index (χ4n) is 1.23. The summed E-state index contributed by atoms with van der Waals surface area (Å²) in [5, 5.41) is 13.0. The zero-order chi connectivity index (χ0) is 13.3. The number of carbonyl (C=O) groups is 2. The number of nitrogens with zero attached hydrogens (tertiary/aromatic N) is 3. The Kier molecular flexibility index (Phi) is 3.77. The molecule has 1 N–H and O–H groups in total. The van der Waals surface area contributed by atoms with Crippen LogP contribution < -0.4 is 0 Å². The van der Waals surface area contributed by atoms with Crippen LogP contribution in [0.1, 0.15) is 23.1 Å². The first-order valence-electron chi connectivity index (χ1n) is 4.96. The van der Waals surface area contributed by atoms with Crippen LogP contribution in [-0.2, 0) is 11.8 Å². The molecule has 6 nitrogen and oxygen atoms in total. The highest BCUT2D eigenvalue weighted by Crippen LogP contribution is 2.20. The molecule has 0 aromatic carbocycles. The van der Waals surface area contributed by atoms with E-state index in [4.69, 9.17) is 16.7 Å². The van der Waals surface area contributed by atoms with E-state index in [1.54, 1.807) is 14.0 Å². The first kappa shape index (κ1) is 13.5. The van der Waals surface area contributed by atoms with Crippen molar-refractivity contribution >= 4 is 23.5 Å². The van der Waals surface area contributed by atoms with Gasteiger partial charge in [-0.05, 0) is 13.8 Å². The third-order valence-corrected chi connectivity index (χ3v) is 3.17. The topological polar surface area (TPSA) is 75.4 Å². The number of aryl methyl sites for hydroxylation is 1. The Morgan fingerprint density at radius 3 is 2.41 bits per heavy atom. The van der Waals surface area contributed by atoms with E-state index < -0.39 is 17.9 Å². The maximum atomic E-state index is 12.0. The predicted octanol–water partition coefficient (Wildman–Crippen LogP) is 0.927. The number of carbonyl (C=O) groups excluding carboxylic acids is 1. The number of halogens is 1. The molecule has 1 heterocycles. The molecule has 0 spiro atoms. The number of hydrogen-bond acceptors (Lipinski definition) is 3. The second-order valence-corrected chi connectivity index (χ2v) is 4.18. The van der Waals surface area contributed by atoms with Crippen molar-refractivity contribution in [1.29, 1.82) is 0 Å². The molecule has 0 saturated heterocycles. The summed E-state index contributed by atoms with van der Waals surface area (Å²) in [5.41, 5.74) is 0.730. The van der Waals surface area contributed by atoms with E-state index in [1.165, 1.54) is 18.7 Å². The van der Waals surface area contributed by atoms with Gasteiger partial charge in [0.25, 0.3) is 5.91 Å². The van der Waals surface area contributed by atoms with Crippen LogP contribution in [0.3, 0.4) is 0 Å². The first-order chi connectivity index (χ1) is 7.77. The molecule has 0 aliphatic rings. The van der Waals surface area contributed by atoms with Gasteiger partial charge in [-0.2, -0.15) is 5.10 Å². The Bertz CT molecular complexity index is 470. The van der Waals surface area contributed by atoms with Gasteiger partial charge in [0.05, 0.1) is 10.7 Å². The largest absolute Gasteiger partial charge is 0.480 e. The van der Waals surface area contributed by atoms with Gasteiger partial charge in [0, 0.05) is 14.1 Å². The smallest absolute Gasteiger partial charge is 0.326 e. The third kappa shape index (κ3) is 2.41. The van der Waals surface area contributed by atoms with Gasteiger partial charge in [-0.3, -0.25) is 9.48 Å². The molecule has 0 fully saturated rings. The normalized spacial score (nSPS) is 12.3. The molecule has 0 saturated carbocycles. The minimum absolute atomic E-state index is 0.0715. The van der Waals surface area contributed by atoms with Crippen LogP contribution in [0, 0.1) is 6.92 Å². The molecule has 1 amide bonds. The number of aliphatic carboxylic acids is 1. The van der Waals surface area contributed by atoms with Crippen molar-refractivity contribution < 1.29 is 14.7 Å². The lowest BCUT2D eigenvalue weighted by Gasteiger charge is -2.20. The van der Waals surface area contributed by atoms with Crippen molar-refractivity contribution in [2.75, 3.05) is 7.05 Å². The molecule has 1 rings (SSSR count). The monoisotopic (exact) mass is 259 g/mol. The molecular formula is C10H14ClN3O3. The Morgan fingerprint density at radius 2 is 2.06 bits per heavy atom. The molecule has 1 aromatic rings. The SMILES string of the molecule is Cc1c(Cl)c(C(=O)N(C)C(C)C(=O)O)nn1C. The first-order valence-corrected chi connectivity index (χ1v) is 5.34. The highest BCUT2D eigenvalue weighted by molar-refractivity contribution is 6.34. The van der Waals surface area contributed by atoms with Gasteiger partial charge in [0.1, 0.15) is 6.04 Å². The van der Waals surface area contributed by atoms with Crippen LogP contribution in [-0.4, -0.2) is 44.8 Å². The van der Waals surface area contributed by atoms with Gasteiger partial charge in [0.15, 0.2) is 5.69 Å². The summed E-state index contributed by atoms with van der Waals surface area (Å²) < 4.78 is 1.48. The van der Waals surface area contributed by atoms with E-state index in [0.29, 0.717) is 5.69 Å². The van der Waals surface area contributed by atoms with E-state index in [9.17, 15) is 9.59 Å². The van der Waals surface area contributed by atoms with Gasteiger partial charge >= 0.3 is 5.97 Å². The highest BCUT2D eigenvalue weighted by Gasteiger charge is 2.27. The third-order valence-electron chi connectivity index (χ3n) is 2.72. The Labute approximate surface area is 104 Å². The zero-order valence-corrected chi connectivity index (χ0v) is 10.8. The molecule has 7 heteroatoms. The second kappa shape index (κ2) is 4.75. The average Bonchev–Trinajstić information content (AvgIpc) is 2.53. The van der Waals surface area contributed by atoms with Crippen LogP contribution in [0.2, 0.25) is 5.02 Å². The summed E-state index contributed by atoms with van der Waals surface area (Å²) >= 11 is 5.96. The van der Waals surface area contributed by atoms with E-state index >= 15 is 0 Å². The molecule has 1 unspecified atom stereocenters. The Morgan fingerprint density at radius 1 is 1.53 bits per heavy atom. The van der Waals surface area contributed by atoms with Crippen LogP contribution >= 0.6 is 11.6 Å². The number of hydrogen-bond donors (Lipinski definition) is 1. The summed E-state index contributed by atoms with van der Waals surface area (Å²) in [6, 6.07) is -0.930. The highest BCUT2D eigenvalue weighted by atomic mass is 35.5. The van der Waals surface area contributed by atoms with E-state index in [0.717, 1.165) is 4.90 Å². The number of amides is 1. The summed E-state index contributed by atoms with van der Waals surface area (Å²) in [4.78, 5) is 23.9. The van der Waals surface area contributed by atoms with Gasteiger partial charge in [0.2, 0.25) is 0 Å². The fraction of sp³-hybridized carbons (Fsp3) is 0.500. The lowest BCUT2D eigenvalue weighted by Crippen LogP contribution is -2.40. The number of likely N-dealkylation sites (N-methyl/N-ethyl adjacent to an activating group) is 1. The number of aromatic nitrogens is 2. The average molecular weight is 260 g/mol. The number of rotatable bonds is 3. The maximum Gasteiger partial charge on any atom is 0.326 e. The molecule has 17 heavy (non-hydrogen) atoms. The lowest BCUT2D eigenvalue weighted by atomic mass is 10.2. The Hall–Kier alpha value is -1.56. The van der Waals surface area contributed by atoms with Gasteiger partial charge in [-0.15, -0.1) is 0 Å². The molecule has 94 valence electrons. The van der Waals surface area contributed by atoms with E-state index in [2.05, 4.69) is 5.10 Å². The summed E-state index contributed by atoms with van der Waals surface area (Å²) in [7, 11) is 3.07. The molecule has 0 bridgehead atoms. The van der Waals surface area contributed by atoms with Gasteiger partial charge in [-0.25, -0.2) is 4.79 Å². The number of carboxylic acids is 1. The minimum atomic E-state index is -1.08. The van der Waals surface area contributed by atoms with Crippen molar-refractivity contribution in [1.82, 2.24) is 14.7 Å². The van der Waals surface area contributed by atoms with E-state index in [-0.39, 0.29) is 10.7 Å². The van der Waals surface area contributed by atoms with Crippen LogP contribution in [0.4, 0.5) is 0 Å². The maximum absolute atomic E-state index is 12.0. The van der Waals surface area contributed by atoms with Gasteiger partial charge < -0.3 is 10.0 Å². The second-order valence-electron chi connectivity index (χ2n) is 3.80. The van der Waals surface area contributed by atoms with Crippen LogP contribution in [0.15, 0.2) is 0 Å². The van der Waals surface area contributed by atoms with Crippen molar-refractivity contribution in [2.24, 2.45) is 7.05 Å². The lowest BCUT2D eigenvalue weighted by molar-refractivity contribution is -0.141. The fourth-order valence-corrected chi connectivity index (χ4v) is 1.47. The van der Waals surface area contributed by atoms with Gasteiger partial charge in [-0.1, -0.05) is 11.6 Å². The molecule has 0 radical (unpaired) electrons. The summed E-state index contributed by atoms with van der Waals surface area (Å²) in [6.07, 6.45) is 0. The molecular weight excluding hydrogens is 246 g/mol. The summed E-state index contributed by atoms with van der Waals surface area (Å²) in [6.45, 7) is 3.15. The molecule has 0 aliphatic carbocycles. The zero-order valence-electron chi connectivity index (χ0n) is 10.1. The molecule has 1 atom stereocenters. The van der Waals surface area contributed by atoms with Crippen LogP contribution in [0.5, 0.6) is 0 Å². The minimum Gasteiger partial charge on any atom is -0.480 e. The quantitative estimate of drug-likeness (QED) is 0.876. The predicted molar refractivity (Wildman–Crippen MR) is 62.1 cm³/mol. The van der Waals surface area contributed by atoms with Crippen molar-refractivity contribution in [3.8, 4) is 0 Å². The van der Waals surface area contributed by atoms with Crippen molar-refractivity contribution in [2.45, 2.75) is 19.9 Å². The molecule has 0 aliphatic heterocycles. The standard InChI is InChI=1S/C10H14ClN3O3/c1-5-7(11)8(12-14(5)4)9(15)13(3)6(2)10(16)17/h6H,1-4H3,(H,16,17). The Balaban J connectivity index is 3.05. The number of carboxylic acid groups (broad SMARTS) is 1. The van der Waals surface area contributed by atoms with Crippen molar-refractivity contribution in [3.63, 3.8) is 0 Å². The van der Waals surface area contributed by atoms with Crippen LogP contribution in [0.25, 0.3) is 0 Å². The summed E-state index contributed by atoms with van der Waals surface area (Å²) in [5.74, 6) is -1.58. The molecule has 1 aromatic heterocycles. The van der Waals surface area contributed by atoms with E-state index in [1.807, 2.05) is 0 Å².